The van der Waals surface area contributed by atoms with Crippen LogP contribution in [0.25, 0.3) is 0 Å². The molecule has 0 fully saturated rings. The first-order valence-electron chi connectivity index (χ1n) is 8.16. The SMILES string of the molecule is CCCNCCNC(=O)C(Sc1ccc(F)cc1)c1ccccc1. The lowest BCUT2D eigenvalue weighted by molar-refractivity contribution is -0.120. The molecule has 2 rings (SSSR count). The monoisotopic (exact) mass is 346 g/mol. The number of carbonyl (C=O) groups is 1. The van der Waals surface area contributed by atoms with Gasteiger partial charge in [-0.15, -0.1) is 11.8 Å². The zero-order valence-corrected chi connectivity index (χ0v) is 14.6. The molecule has 0 aliphatic heterocycles. The third kappa shape index (κ3) is 5.98. The average molecular weight is 346 g/mol. The van der Waals surface area contributed by atoms with Gasteiger partial charge in [-0.25, -0.2) is 4.39 Å². The smallest absolute Gasteiger partial charge is 0.238 e. The number of nitrogens with one attached hydrogen (secondary N) is 2. The van der Waals surface area contributed by atoms with E-state index in [9.17, 15) is 9.18 Å². The summed E-state index contributed by atoms with van der Waals surface area (Å²) in [5.74, 6) is -0.309. The van der Waals surface area contributed by atoms with E-state index >= 15 is 0 Å². The van der Waals surface area contributed by atoms with Crippen molar-refractivity contribution in [3.63, 3.8) is 0 Å². The van der Waals surface area contributed by atoms with Crippen molar-refractivity contribution in [2.24, 2.45) is 0 Å². The summed E-state index contributed by atoms with van der Waals surface area (Å²) in [6.45, 7) is 4.40. The summed E-state index contributed by atoms with van der Waals surface area (Å²) in [5, 5.41) is 5.88. The molecule has 0 aromatic heterocycles. The second-order valence-electron chi connectivity index (χ2n) is 5.40. The second-order valence-corrected chi connectivity index (χ2v) is 6.58. The van der Waals surface area contributed by atoms with Gasteiger partial charge >= 0.3 is 0 Å². The lowest BCUT2D eigenvalue weighted by Crippen LogP contribution is -2.34. The van der Waals surface area contributed by atoms with E-state index < -0.39 is 0 Å². The molecule has 0 radical (unpaired) electrons. The Morgan fingerprint density at radius 2 is 1.75 bits per heavy atom. The third-order valence-electron chi connectivity index (χ3n) is 3.44. The van der Waals surface area contributed by atoms with Gasteiger partial charge in [0, 0.05) is 18.0 Å². The Morgan fingerprint density at radius 3 is 2.42 bits per heavy atom. The van der Waals surface area contributed by atoms with Crippen LogP contribution in [0.2, 0.25) is 0 Å². The maximum absolute atomic E-state index is 13.1. The van der Waals surface area contributed by atoms with Crippen LogP contribution in [0.5, 0.6) is 0 Å². The van der Waals surface area contributed by atoms with E-state index in [1.54, 1.807) is 12.1 Å². The van der Waals surface area contributed by atoms with Crippen molar-refractivity contribution in [2.45, 2.75) is 23.5 Å². The molecule has 2 aromatic rings. The normalized spacial score (nSPS) is 11.9. The summed E-state index contributed by atoms with van der Waals surface area (Å²) in [6.07, 6.45) is 1.07. The quantitative estimate of drug-likeness (QED) is 0.536. The Bertz CT molecular complexity index is 619. The Hall–Kier alpha value is -1.85. The van der Waals surface area contributed by atoms with Gasteiger partial charge in [-0.05, 0) is 42.8 Å². The van der Waals surface area contributed by atoms with Gasteiger partial charge in [0.25, 0.3) is 0 Å². The Kier molecular flexibility index (Phi) is 7.79. The molecule has 0 saturated carbocycles. The van der Waals surface area contributed by atoms with Crippen molar-refractivity contribution >= 4 is 17.7 Å². The zero-order chi connectivity index (χ0) is 17.2. The van der Waals surface area contributed by atoms with E-state index in [-0.39, 0.29) is 17.0 Å². The minimum Gasteiger partial charge on any atom is -0.354 e. The maximum atomic E-state index is 13.1. The van der Waals surface area contributed by atoms with Crippen molar-refractivity contribution in [1.29, 1.82) is 0 Å². The minimum absolute atomic E-state index is 0.0335. The number of hydrogen-bond acceptors (Lipinski definition) is 3. The summed E-state index contributed by atoms with van der Waals surface area (Å²) in [6, 6.07) is 15.9. The molecular weight excluding hydrogens is 323 g/mol. The van der Waals surface area contributed by atoms with Gasteiger partial charge < -0.3 is 10.6 Å². The fraction of sp³-hybridized carbons (Fsp3) is 0.316. The van der Waals surface area contributed by atoms with Crippen LogP contribution in [0.1, 0.15) is 24.2 Å². The molecule has 2 N–H and O–H groups in total. The van der Waals surface area contributed by atoms with E-state index in [0.29, 0.717) is 6.54 Å². The first kappa shape index (κ1) is 18.5. The van der Waals surface area contributed by atoms with Gasteiger partial charge in [-0.3, -0.25) is 4.79 Å². The number of halogens is 1. The Morgan fingerprint density at radius 1 is 1.04 bits per heavy atom. The average Bonchev–Trinajstić information content (AvgIpc) is 2.61. The molecule has 24 heavy (non-hydrogen) atoms. The number of amides is 1. The first-order chi connectivity index (χ1) is 11.7. The van der Waals surface area contributed by atoms with Gasteiger partial charge in [-0.2, -0.15) is 0 Å². The zero-order valence-electron chi connectivity index (χ0n) is 13.8. The molecule has 3 nitrogen and oxygen atoms in total. The Labute approximate surface area is 147 Å². The summed E-state index contributed by atoms with van der Waals surface area (Å²) < 4.78 is 13.1. The fourth-order valence-corrected chi connectivity index (χ4v) is 3.27. The van der Waals surface area contributed by atoms with Crippen LogP contribution < -0.4 is 10.6 Å². The molecule has 0 saturated heterocycles. The first-order valence-corrected chi connectivity index (χ1v) is 9.04. The van der Waals surface area contributed by atoms with Crippen molar-refractivity contribution in [2.75, 3.05) is 19.6 Å². The molecule has 1 amide bonds. The van der Waals surface area contributed by atoms with Crippen LogP contribution in [0.15, 0.2) is 59.5 Å². The number of hydrogen-bond donors (Lipinski definition) is 2. The summed E-state index contributed by atoms with van der Waals surface area (Å²) in [5.41, 5.74) is 0.936. The molecule has 1 unspecified atom stereocenters. The van der Waals surface area contributed by atoms with Crippen molar-refractivity contribution in [3.05, 3.63) is 66.0 Å². The van der Waals surface area contributed by atoms with E-state index in [0.717, 1.165) is 30.0 Å². The van der Waals surface area contributed by atoms with Crippen molar-refractivity contribution < 1.29 is 9.18 Å². The summed E-state index contributed by atoms with van der Waals surface area (Å²) in [4.78, 5) is 13.5. The molecule has 0 spiro atoms. The molecule has 2 aromatic carbocycles. The van der Waals surface area contributed by atoms with Gasteiger partial charge in [0.1, 0.15) is 11.1 Å². The molecule has 0 heterocycles. The summed E-state index contributed by atoms with van der Waals surface area (Å²) in [7, 11) is 0. The molecule has 0 bridgehead atoms. The van der Waals surface area contributed by atoms with Crippen LogP contribution in [-0.2, 0) is 4.79 Å². The minimum atomic E-state index is -0.358. The molecule has 5 heteroatoms. The van der Waals surface area contributed by atoms with Crippen LogP contribution in [0.4, 0.5) is 4.39 Å². The van der Waals surface area contributed by atoms with Crippen LogP contribution >= 0.6 is 11.8 Å². The van der Waals surface area contributed by atoms with Crippen molar-refractivity contribution in [1.82, 2.24) is 10.6 Å². The van der Waals surface area contributed by atoms with Gasteiger partial charge in [-0.1, -0.05) is 37.3 Å². The predicted molar refractivity (Wildman–Crippen MR) is 97.6 cm³/mol. The molecule has 0 aliphatic carbocycles. The fourth-order valence-electron chi connectivity index (χ4n) is 2.22. The number of rotatable bonds is 9. The van der Waals surface area contributed by atoms with Gasteiger partial charge in [0.15, 0.2) is 0 Å². The van der Waals surface area contributed by atoms with Crippen LogP contribution in [0.3, 0.4) is 0 Å². The van der Waals surface area contributed by atoms with E-state index in [2.05, 4.69) is 17.6 Å². The highest BCUT2D eigenvalue weighted by atomic mass is 32.2. The molecule has 128 valence electrons. The third-order valence-corrected chi connectivity index (χ3v) is 4.70. The van der Waals surface area contributed by atoms with E-state index in [1.807, 2.05) is 30.3 Å². The second kappa shape index (κ2) is 10.1. The highest BCUT2D eigenvalue weighted by Crippen LogP contribution is 2.35. The highest BCUT2D eigenvalue weighted by Gasteiger charge is 2.21. The largest absolute Gasteiger partial charge is 0.354 e. The topological polar surface area (TPSA) is 41.1 Å². The van der Waals surface area contributed by atoms with Gasteiger partial charge in [0.2, 0.25) is 5.91 Å². The van der Waals surface area contributed by atoms with Crippen LogP contribution in [-0.4, -0.2) is 25.5 Å². The van der Waals surface area contributed by atoms with Crippen molar-refractivity contribution in [3.8, 4) is 0 Å². The number of thioether (sulfide) groups is 1. The highest BCUT2D eigenvalue weighted by molar-refractivity contribution is 8.00. The van der Waals surface area contributed by atoms with Crippen LogP contribution in [0, 0.1) is 5.82 Å². The lowest BCUT2D eigenvalue weighted by atomic mass is 10.1. The van der Waals surface area contributed by atoms with E-state index in [1.165, 1.54) is 23.9 Å². The lowest BCUT2D eigenvalue weighted by Gasteiger charge is -2.17. The number of benzene rings is 2. The number of carbonyl (C=O) groups excluding carboxylic acids is 1. The molecular formula is C19H23FN2OS. The molecule has 0 aliphatic rings. The standard InChI is InChI=1S/C19H23FN2OS/c1-2-12-21-13-14-22-19(23)18(15-6-4-3-5-7-15)24-17-10-8-16(20)9-11-17/h3-11,18,21H,2,12-14H2,1H3,(H,22,23). The maximum Gasteiger partial charge on any atom is 0.238 e. The molecule has 1 atom stereocenters. The summed E-state index contributed by atoms with van der Waals surface area (Å²) >= 11 is 1.43. The Balaban J connectivity index is 2.02. The van der Waals surface area contributed by atoms with E-state index in [4.69, 9.17) is 0 Å². The predicted octanol–water partition coefficient (Wildman–Crippen LogP) is 3.77. The van der Waals surface area contributed by atoms with Gasteiger partial charge in [0.05, 0.1) is 0 Å².